The van der Waals surface area contributed by atoms with Crippen LogP contribution in [0, 0.1) is 18.3 Å². The van der Waals surface area contributed by atoms with Gasteiger partial charge in [-0.3, -0.25) is 4.79 Å². The molecule has 0 bridgehead atoms. The molecule has 1 aromatic heterocycles. The highest BCUT2D eigenvalue weighted by Crippen LogP contribution is 2.35. The van der Waals surface area contributed by atoms with E-state index in [1.54, 1.807) is 4.57 Å². The van der Waals surface area contributed by atoms with Crippen molar-refractivity contribution in [1.82, 2.24) is 4.57 Å². The van der Waals surface area contributed by atoms with Crippen molar-refractivity contribution < 1.29 is 0 Å². The fraction of sp³-hybridized carbons (Fsp3) is 0.250. The van der Waals surface area contributed by atoms with E-state index in [0.29, 0.717) is 6.04 Å². The summed E-state index contributed by atoms with van der Waals surface area (Å²) in [5, 5.41) is 9.35. The zero-order valence-electron chi connectivity index (χ0n) is 10.8. The molecule has 0 N–H and O–H groups in total. The van der Waals surface area contributed by atoms with Crippen LogP contribution in [-0.2, 0) is 0 Å². The molecule has 3 heteroatoms. The molecule has 0 radical (unpaired) electrons. The molecule has 0 amide bonds. The number of hydrogen-bond acceptors (Lipinski definition) is 2. The summed E-state index contributed by atoms with van der Waals surface area (Å²) in [4.78, 5) is 12.4. The van der Waals surface area contributed by atoms with Crippen molar-refractivity contribution in [2.24, 2.45) is 0 Å². The van der Waals surface area contributed by atoms with Gasteiger partial charge in [0, 0.05) is 17.8 Å². The normalized spacial score (nSPS) is 14.1. The molecule has 1 saturated carbocycles. The lowest BCUT2D eigenvalue weighted by Crippen LogP contribution is -2.23. The molecule has 1 fully saturated rings. The quantitative estimate of drug-likeness (QED) is 0.822. The van der Waals surface area contributed by atoms with E-state index < -0.39 is 0 Å². The highest BCUT2D eigenvalue weighted by atomic mass is 16.1. The minimum absolute atomic E-state index is 0.158. The Balaban J connectivity index is 2.29. The van der Waals surface area contributed by atoms with Gasteiger partial charge in [-0.15, -0.1) is 0 Å². The summed E-state index contributed by atoms with van der Waals surface area (Å²) in [7, 11) is 0. The summed E-state index contributed by atoms with van der Waals surface area (Å²) in [6, 6.07) is 12.0. The number of pyridine rings is 1. The van der Waals surface area contributed by atoms with Crippen LogP contribution < -0.4 is 5.56 Å². The zero-order valence-corrected chi connectivity index (χ0v) is 10.8. The number of nitrogens with zero attached hydrogens (tertiary/aromatic N) is 2. The molecule has 94 valence electrons. The van der Waals surface area contributed by atoms with Crippen LogP contribution in [0.1, 0.15) is 30.0 Å². The van der Waals surface area contributed by atoms with E-state index in [1.807, 2.05) is 43.5 Å². The van der Waals surface area contributed by atoms with Gasteiger partial charge in [-0.1, -0.05) is 30.3 Å². The topological polar surface area (TPSA) is 45.8 Å². The Morgan fingerprint density at radius 3 is 2.53 bits per heavy atom. The molecule has 2 aromatic rings. The molecule has 3 rings (SSSR count). The molecular weight excluding hydrogens is 236 g/mol. The van der Waals surface area contributed by atoms with Crippen molar-refractivity contribution >= 4 is 0 Å². The largest absolute Gasteiger partial charge is 0.311 e. The molecule has 3 nitrogen and oxygen atoms in total. The van der Waals surface area contributed by atoms with Crippen molar-refractivity contribution in [1.29, 1.82) is 5.26 Å². The van der Waals surface area contributed by atoms with Gasteiger partial charge in [-0.2, -0.15) is 5.26 Å². The SMILES string of the molecule is Cc1cn(C2CC2)c(=O)c(C#N)c1-c1ccccc1. The molecule has 1 aliphatic rings. The number of nitriles is 1. The molecular formula is C16H14N2O. The van der Waals surface area contributed by atoms with Gasteiger partial charge >= 0.3 is 0 Å². The second kappa shape index (κ2) is 4.40. The van der Waals surface area contributed by atoms with E-state index in [9.17, 15) is 10.1 Å². The standard InChI is InChI=1S/C16H14N2O/c1-11-10-18(13-7-8-13)16(19)14(9-17)15(11)12-5-3-2-4-6-12/h2-6,10,13H,7-8H2,1H3. The van der Waals surface area contributed by atoms with Crippen LogP contribution in [0.4, 0.5) is 0 Å². The Hall–Kier alpha value is -2.34. The zero-order chi connectivity index (χ0) is 13.4. The maximum Gasteiger partial charge on any atom is 0.269 e. The van der Waals surface area contributed by atoms with E-state index in [-0.39, 0.29) is 11.1 Å². The van der Waals surface area contributed by atoms with E-state index in [1.165, 1.54) is 0 Å². The Labute approximate surface area is 111 Å². The average molecular weight is 250 g/mol. The average Bonchev–Trinajstić information content (AvgIpc) is 3.26. The van der Waals surface area contributed by atoms with Crippen LogP contribution in [0.2, 0.25) is 0 Å². The van der Waals surface area contributed by atoms with E-state index >= 15 is 0 Å². The molecule has 0 unspecified atom stereocenters. The van der Waals surface area contributed by atoms with Crippen molar-refractivity contribution in [3.05, 3.63) is 58.0 Å². The summed E-state index contributed by atoms with van der Waals surface area (Å²) in [5.41, 5.74) is 2.78. The molecule has 0 aliphatic heterocycles. The van der Waals surface area contributed by atoms with Gasteiger partial charge in [0.1, 0.15) is 11.6 Å². The Kier molecular flexibility index (Phi) is 2.72. The summed E-state index contributed by atoms with van der Waals surface area (Å²) < 4.78 is 1.72. The lowest BCUT2D eigenvalue weighted by Gasteiger charge is -2.12. The molecule has 1 aromatic carbocycles. The van der Waals surface area contributed by atoms with Gasteiger partial charge in [0.05, 0.1) is 0 Å². The number of aryl methyl sites for hydroxylation is 1. The molecule has 1 heterocycles. The smallest absolute Gasteiger partial charge is 0.269 e. The highest BCUT2D eigenvalue weighted by Gasteiger charge is 2.27. The van der Waals surface area contributed by atoms with Crippen molar-refractivity contribution in [3.63, 3.8) is 0 Å². The van der Waals surface area contributed by atoms with Crippen LogP contribution in [0.25, 0.3) is 11.1 Å². The number of hydrogen-bond donors (Lipinski definition) is 0. The summed E-state index contributed by atoms with van der Waals surface area (Å²) in [5.74, 6) is 0. The third-order valence-corrected chi connectivity index (χ3v) is 3.54. The molecule has 19 heavy (non-hydrogen) atoms. The van der Waals surface area contributed by atoms with Crippen LogP contribution in [-0.4, -0.2) is 4.57 Å². The van der Waals surface area contributed by atoms with Crippen molar-refractivity contribution in [2.75, 3.05) is 0 Å². The first kappa shape index (κ1) is 11.7. The van der Waals surface area contributed by atoms with Gasteiger partial charge < -0.3 is 4.57 Å². The minimum atomic E-state index is -0.158. The third kappa shape index (κ3) is 1.96. The van der Waals surface area contributed by atoms with Crippen LogP contribution in [0.3, 0.4) is 0 Å². The number of benzene rings is 1. The molecule has 0 spiro atoms. The summed E-state index contributed by atoms with van der Waals surface area (Å²) >= 11 is 0. The second-order valence-corrected chi connectivity index (χ2v) is 4.98. The van der Waals surface area contributed by atoms with Gasteiger partial charge in [0.2, 0.25) is 0 Å². The minimum Gasteiger partial charge on any atom is -0.311 e. The number of rotatable bonds is 2. The Bertz CT molecular complexity index is 719. The fourth-order valence-corrected chi connectivity index (χ4v) is 2.47. The maximum atomic E-state index is 12.4. The first-order chi connectivity index (χ1) is 9.22. The van der Waals surface area contributed by atoms with E-state index in [0.717, 1.165) is 29.5 Å². The van der Waals surface area contributed by atoms with Crippen LogP contribution >= 0.6 is 0 Å². The molecule has 0 atom stereocenters. The predicted molar refractivity (Wildman–Crippen MR) is 73.9 cm³/mol. The lowest BCUT2D eigenvalue weighted by atomic mass is 9.97. The Morgan fingerprint density at radius 1 is 1.26 bits per heavy atom. The van der Waals surface area contributed by atoms with Gasteiger partial charge in [-0.25, -0.2) is 0 Å². The van der Waals surface area contributed by atoms with E-state index in [4.69, 9.17) is 0 Å². The van der Waals surface area contributed by atoms with Crippen LogP contribution in [0.5, 0.6) is 0 Å². The molecule has 1 aliphatic carbocycles. The summed E-state index contributed by atoms with van der Waals surface area (Å²) in [6.45, 7) is 1.96. The highest BCUT2D eigenvalue weighted by molar-refractivity contribution is 5.72. The van der Waals surface area contributed by atoms with Gasteiger partial charge in [-0.05, 0) is 30.9 Å². The maximum absolute atomic E-state index is 12.4. The fourth-order valence-electron chi connectivity index (χ4n) is 2.47. The van der Waals surface area contributed by atoms with Gasteiger partial charge in [0.15, 0.2) is 0 Å². The first-order valence-electron chi connectivity index (χ1n) is 6.43. The van der Waals surface area contributed by atoms with Crippen LogP contribution in [0.15, 0.2) is 41.3 Å². The summed E-state index contributed by atoms with van der Waals surface area (Å²) in [6.07, 6.45) is 3.97. The number of aromatic nitrogens is 1. The van der Waals surface area contributed by atoms with Crippen molar-refractivity contribution in [2.45, 2.75) is 25.8 Å². The lowest BCUT2D eigenvalue weighted by molar-refractivity contribution is 0.701. The predicted octanol–water partition coefficient (Wildman–Crippen LogP) is 3.03. The third-order valence-electron chi connectivity index (χ3n) is 3.54. The van der Waals surface area contributed by atoms with Gasteiger partial charge in [0.25, 0.3) is 5.56 Å². The second-order valence-electron chi connectivity index (χ2n) is 4.98. The van der Waals surface area contributed by atoms with Crippen molar-refractivity contribution in [3.8, 4) is 17.2 Å². The monoisotopic (exact) mass is 250 g/mol. The van der Waals surface area contributed by atoms with E-state index in [2.05, 4.69) is 6.07 Å². The first-order valence-corrected chi connectivity index (χ1v) is 6.43. The molecule has 0 saturated heterocycles. The Morgan fingerprint density at radius 2 is 1.95 bits per heavy atom.